The maximum Gasteiger partial charge on any atom is 0.264 e. The summed E-state index contributed by atoms with van der Waals surface area (Å²) in [6.45, 7) is 2.14. The molecule has 1 aliphatic carbocycles. The zero-order valence-electron chi connectivity index (χ0n) is 16.3. The molecule has 0 radical (unpaired) electrons. The Balaban J connectivity index is 1.63. The molecule has 0 atom stereocenters. The first-order valence-electron chi connectivity index (χ1n) is 9.91. The van der Waals surface area contributed by atoms with Crippen molar-refractivity contribution in [1.82, 2.24) is 5.32 Å². The average Bonchev–Trinajstić information content (AvgIpc) is 3.38. The molecule has 0 spiro atoms. The van der Waals surface area contributed by atoms with Gasteiger partial charge in [-0.15, -0.1) is 11.3 Å². The number of nitrogens with one attached hydrogen (secondary N) is 1. The third-order valence-corrected chi connectivity index (χ3v) is 8.35. The van der Waals surface area contributed by atoms with E-state index in [0.29, 0.717) is 17.1 Å². The molecule has 4 rings (SSSR count). The number of fused-ring (bicyclic) bond motifs is 1. The molecule has 0 aliphatic heterocycles. The molecule has 7 heteroatoms. The van der Waals surface area contributed by atoms with Gasteiger partial charge < -0.3 is 5.32 Å². The highest BCUT2D eigenvalue weighted by Gasteiger charge is 2.24. The lowest BCUT2D eigenvalue weighted by atomic mass is 10.2. The summed E-state index contributed by atoms with van der Waals surface area (Å²) in [5.74, 6) is -0.0381. The summed E-state index contributed by atoms with van der Waals surface area (Å²) in [4.78, 5) is 13.5. The van der Waals surface area contributed by atoms with Crippen LogP contribution >= 0.6 is 11.3 Å². The van der Waals surface area contributed by atoms with Crippen molar-refractivity contribution in [2.24, 2.45) is 0 Å². The van der Waals surface area contributed by atoms with Crippen LogP contribution < -0.4 is 9.62 Å². The lowest BCUT2D eigenvalue weighted by Gasteiger charge is -2.23. The summed E-state index contributed by atoms with van der Waals surface area (Å²) >= 11 is 1.44. The molecule has 5 nitrogen and oxygen atoms in total. The van der Waals surface area contributed by atoms with Crippen molar-refractivity contribution in [3.63, 3.8) is 0 Å². The maximum atomic E-state index is 13.1. The van der Waals surface area contributed by atoms with Gasteiger partial charge in [0, 0.05) is 17.3 Å². The predicted molar refractivity (Wildman–Crippen MR) is 118 cm³/mol. The number of amides is 1. The van der Waals surface area contributed by atoms with Crippen LogP contribution in [0.1, 0.15) is 42.3 Å². The number of hydrogen-bond donors (Lipinski definition) is 1. The molecular weight excluding hydrogens is 404 g/mol. The maximum absolute atomic E-state index is 13.1. The highest BCUT2D eigenvalue weighted by molar-refractivity contribution is 7.92. The van der Waals surface area contributed by atoms with Gasteiger partial charge in [-0.3, -0.25) is 9.10 Å². The number of benzene rings is 2. The molecule has 152 valence electrons. The van der Waals surface area contributed by atoms with Gasteiger partial charge in [0.05, 0.1) is 15.5 Å². The molecule has 0 unspecified atom stereocenters. The number of rotatable bonds is 6. The summed E-state index contributed by atoms with van der Waals surface area (Å²) in [6.07, 6.45) is 4.43. The van der Waals surface area contributed by atoms with E-state index in [2.05, 4.69) is 5.32 Å². The highest BCUT2D eigenvalue weighted by atomic mass is 32.2. The summed E-state index contributed by atoms with van der Waals surface area (Å²) in [5.41, 5.74) is 0.601. The molecule has 0 saturated heterocycles. The molecule has 1 aromatic heterocycles. The number of anilines is 1. The number of hydrogen-bond acceptors (Lipinski definition) is 4. The van der Waals surface area contributed by atoms with Crippen LogP contribution in [-0.4, -0.2) is 26.9 Å². The van der Waals surface area contributed by atoms with Crippen LogP contribution in [0, 0.1) is 0 Å². The van der Waals surface area contributed by atoms with Crippen LogP contribution in [0.3, 0.4) is 0 Å². The van der Waals surface area contributed by atoms with Crippen LogP contribution in [-0.2, 0) is 10.0 Å². The molecule has 2 aromatic carbocycles. The normalized spacial score (nSPS) is 14.9. The van der Waals surface area contributed by atoms with Crippen molar-refractivity contribution in [2.75, 3.05) is 10.8 Å². The number of thiophene rings is 1. The van der Waals surface area contributed by atoms with E-state index in [4.69, 9.17) is 0 Å². The number of carbonyl (C=O) groups excluding carboxylic acids is 1. The second-order valence-corrected chi connectivity index (χ2v) is 10.2. The standard InChI is InChI=1S/C22H24N2O3S2/c1-2-24(29(26,27)19-10-4-3-5-11-19)18-12-13-20-16(14-18)15-21(28-20)22(25)23-17-8-6-7-9-17/h3-5,10-15,17H,2,6-9H2,1H3,(H,23,25). The Morgan fingerprint density at radius 3 is 2.52 bits per heavy atom. The van der Waals surface area contributed by atoms with Crippen LogP contribution in [0.2, 0.25) is 0 Å². The van der Waals surface area contributed by atoms with E-state index in [9.17, 15) is 13.2 Å². The van der Waals surface area contributed by atoms with Crippen LogP contribution in [0.5, 0.6) is 0 Å². The van der Waals surface area contributed by atoms with E-state index in [1.807, 2.05) is 31.2 Å². The Bertz CT molecular complexity index is 1120. The summed E-state index contributed by atoms with van der Waals surface area (Å²) in [6, 6.07) is 16.1. The summed E-state index contributed by atoms with van der Waals surface area (Å²) in [5, 5.41) is 4.00. The second-order valence-electron chi connectivity index (χ2n) is 7.27. The van der Waals surface area contributed by atoms with Gasteiger partial charge in [-0.1, -0.05) is 31.0 Å². The number of nitrogens with zero attached hydrogens (tertiary/aromatic N) is 1. The summed E-state index contributed by atoms with van der Waals surface area (Å²) < 4.78 is 28.5. The molecule has 1 saturated carbocycles. The molecule has 0 bridgehead atoms. The van der Waals surface area contributed by atoms with Gasteiger partial charge in [-0.25, -0.2) is 8.42 Å². The monoisotopic (exact) mass is 428 g/mol. The van der Waals surface area contributed by atoms with Gasteiger partial charge in [0.2, 0.25) is 0 Å². The molecule has 3 aromatic rings. The fourth-order valence-corrected chi connectivity index (χ4v) is 6.27. The smallest absolute Gasteiger partial charge is 0.264 e. The second kappa shape index (κ2) is 8.16. The zero-order valence-corrected chi connectivity index (χ0v) is 17.9. The van der Waals surface area contributed by atoms with Crippen LogP contribution in [0.15, 0.2) is 59.5 Å². The summed E-state index contributed by atoms with van der Waals surface area (Å²) in [7, 11) is -3.64. The molecular formula is C22H24N2O3S2. The minimum atomic E-state index is -3.64. The molecule has 1 amide bonds. The van der Waals surface area contributed by atoms with E-state index in [-0.39, 0.29) is 16.8 Å². The van der Waals surface area contributed by atoms with Crippen molar-refractivity contribution in [1.29, 1.82) is 0 Å². The largest absolute Gasteiger partial charge is 0.349 e. The quantitative estimate of drug-likeness (QED) is 0.614. The van der Waals surface area contributed by atoms with E-state index in [1.54, 1.807) is 30.3 Å². The first kappa shape index (κ1) is 19.9. The molecule has 29 heavy (non-hydrogen) atoms. The van der Waals surface area contributed by atoms with Gasteiger partial charge in [-0.2, -0.15) is 0 Å². The zero-order chi connectivity index (χ0) is 20.4. The molecule has 1 N–H and O–H groups in total. The highest BCUT2D eigenvalue weighted by Crippen LogP contribution is 2.32. The fraction of sp³-hybridized carbons (Fsp3) is 0.318. The van der Waals surface area contributed by atoms with E-state index >= 15 is 0 Å². The molecule has 1 aliphatic rings. The van der Waals surface area contributed by atoms with Crippen LogP contribution in [0.4, 0.5) is 5.69 Å². The Labute approximate surface area is 175 Å². The first-order chi connectivity index (χ1) is 14.0. The van der Waals surface area contributed by atoms with Crippen molar-refractivity contribution in [2.45, 2.75) is 43.5 Å². The Hall–Kier alpha value is -2.38. The topological polar surface area (TPSA) is 66.5 Å². The first-order valence-corrected chi connectivity index (χ1v) is 12.2. The molecule has 1 fully saturated rings. The Morgan fingerprint density at radius 2 is 1.83 bits per heavy atom. The lowest BCUT2D eigenvalue weighted by molar-refractivity contribution is 0.0942. The third kappa shape index (κ3) is 4.02. The minimum Gasteiger partial charge on any atom is -0.349 e. The van der Waals surface area contributed by atoms with Gasteiger partial charge in [-0.05, 0) is 61.5 Å². The van der Waals surface area contributed by atoms with Crippen LogP contribution in [0.25, 0.3) is 10.1 Å². The van der Waals surface area contributed by atoms with E-state index in [1.165, 1.54) is 28.5 Å². The number of carbonyl (C=O) groups is 1. The van der Waals surface area contributed by atoms with Gasteiger partial charge in [0.15, 0.2) is 0 Å². The predicted octanol–water partition coefficient (Wildman–Crippen LogP) is 4.79. The van der Waals surface area contributed by atoms with Crippen molar-refractivity contribution in [3.8, 4) is 0 Å². The molecule has 1 heterocycles. The van der Waals surface area contributed by atoms with Gasteiger partial charge in [0.1, 0.15) is 0 Å². The van der Waals surface area contributed by atoms with Crippen molar-refractivity contribution < 1.29 is 13.2 Å². The van der Waals surface area contributed by atoms with Crippen molar-refractivity contribution >= 4 is 43.0 Å². The van der Waals surface area contributed by atoms with Gasteiger partial charge in [0.25, 0.3) is 15.9 Å². The average molecular weight is 429 g/mol. The Kier molecular flexibility index (Phi) is 5.61. The lowest BCUT2D eigenvalue weighted by Crippen LogP contribution is -2.31. The minimum absolute atomic E-state index is 0.0381. The van der Waals surface area contributed by atoms with E-state index in [0.717, 1.165) is 22.9 Å². The fourth-order valence-electron chi connectivity index (χ4n) is 3.84. The number of sulfonamides is 1. The third-order valence-electron chi connectivity index (χ3n) is 5.32. The Morgan fingerprint density at radius 1 is 1.10 bits per heavy atom. The van der Waals surface area contributed by atoms with Gasteiger partial charge >= 0.3 is 0 Å². The van der Waals surface area contributed by atoms with Crippen molar-refractivity contribution in [3.05, 3.63) is 59.5 Å². The van der Waals surface area contributed by atoms with E-state index < -0.39 is 10.0 Å². The SMILES string of the molecule is CCN(c1ccc2sc(C(=O)NC3CCCC3)cc2c1)S(=O)(=O)c1ccccc1.